The highest BCUT2D eigenvalue weighted by molar-refractivity contribution is 5.59. The summed E-state index contributed by atoms with van der Waals surface area (Å²) in [6.45, 7) is 6.52. The Balaban J connectivity index is 2.01. The second-order valence-electron chi connectivity index (χ2n) is 5.17. The number of nitrogens with zero attached hydrogens (tertiary/aromatic N) is 1. The summed E-state index contributed by atoms with van der Waals surface area (Å²) in [4.78, 5) is 2.55. The molecule has 1 aliphatic heterocycles. The second-order valence-corrected chi connectivity index (χ2v) is 5.17. The highest BCUT2D eigenvalue weighted by Gasteiger charge is 2.25. The number of hydrogen-bond donors (Lipinski definition) is 1. The Morgan fingerprint density at radius 1 is 1.41 bits per heavy atom. The monoisotopic (exact) mass is 232 g/mol. The van der Waals surface area contributed by atoms with Gasteiger partial charge in [0.25, 0.3) is 0 Å². The van der Waals surface area contributed by atoms with E-state index < -0.39 is 0 Å². The van der Waals surface area contributed by atoms with E-state index in [1.165, 1.54) is 30.5 Å². The summed E-state index contributed by atoms with van der Waals surface area (Å²) >= 11 is 0. The van der Waals surface area contributed by atoms with Crippen LogP contribution in [0.25, 0.3) is 0 Å². The van der Waals surface area contributed by atoms with E-state index in [2.05, 4.69) is 43.0 Å². The first-order chi connectivity index (χ1) is 8.26. The maximum atomic E-state index is 5.78. The smallest absolute Gasteiger partial charge is 0.0402 e. The summed E-state index contributed by atoms with van der Waals surface area (Å²) in [6.07, 6.45) is 3.60. The molecule has 2 rings (SSSR count). The van der Waals surface area contributed by atoms with Gasteiger partial charge in [0.15, 0.2) is 0 Å². The van der Waals surface area contributed by atoms with Crippen molar-refractivity contribution in [3.05, 3.63) is 29.8 Å². The number of benzene rings is 1. The Hall–Kier alpha value is -1.02. The summed E-state index contributed by atoms with van der Waals surface area (Å²) in [6, 6.07) is 9.44. The molecule has 0 radical (unpaired) electrons. The van der Waals surface area contributed by atoms with Gasteiger partial charge in [-0.15, -0.1) is 0 Å². The molecule has 2 unspecified atom stereocenters. The average molecular weight is 232 g/mol. The van der Waals surface area contributed by atoms with E-state index >= 15 is 0 Å². The van der Waals surface area contributed by atoms with Crippen LogP contribution in [0.4, 0.5) is 5.69 Å². The second kappa shape index (κ2) is 5.54. The molecule has 0 spiro atoms. The fourth-order valence-corrected chi connectivity index (χ4v) is 2.78. The molecule has 1 aliphatic rings. The molecule has 17 heavy (non-hydrogen) atoms. The first kappa shape index (κ1) is 12.4. The number of nitrogens with two attached hydrogens (primary N) is 1. The van der Waals surface area contributed by atoms with Crippen molar-refractivity contribution in [2.75, 3.05) is 18.0 Å². The first-order valence-electron chi connectivity index (χ1n) is 6.80. The topological polar surface area (TPSA) is 29.3 Å². The minimum Gasteiger partial charge on any atom is -0.368 e. The Bertz CT molecular complexity index is 358. The summed E-state index contributed by atoms with van der Waals surface area (Å²) in [5.41, 5.74) is 8.72. The minimum atomic E-state index is 0.641. The Kier molecular flexibility index (Phi) is 4.06. The standard InChI is InChI=1S/C15H24N2/c1-3-13(11-16)8-9-17-12(2)10-14-6-4-5-7-15(14)17/h4-7,12-13H,3,8-11,16H2,1-2H3. The third-order valence-corrected chi connectivity index (χ3v) is 4.04. The SMILES string of the molecule is CCC(CN)CCN1c2ccccc2CC1C. The fraction of sp³-hybridized carbons (Fsp3) is 0.600. The number of anilines is 1. The number of rotatable bonds is 5. The zero-order valence-electron chi connectivity index (χ0n) is 11.0. The molecule has 2 atom stereocenters. The van der Waals surface area contributed by atoms with E-state index in [-0.39, 0.29) is 0 Å². The van der Waals surface area contributed by atoms with Crippen LogP contribution < -0.4 is 10.6 Å². The van der Waals surface area contributed by atoms with Gasteiger partial charge in [0.05, 0.1) is 0 Å². The molecule has 0 saturated carbocycles. The Labute approximate surface area is 105 Å². The summed E-state index contributed by atoms with van der Waals surface area (Å²) < 4.78 is 0. The maximum absolute atomic E-state index is 5.78. The lowest BCUT2D eigenvalue weighted by atomic mass is 10.0. The quantitative estimate of drug-likeness (QED) is 0.846. The van der Waals surface area contributed by atoms with Crippen LogP contribution >= 0.6 is 0 Å². The zero-order chi connectivity index (χ0) is 12.3. The molecule has 0 saturated heterocycles. The number of fused-ring (bicyclic) bond motifs is 1. The van der Waals surface area contributed by atoms with Gasteiger partial charge >= 0.3 is 0 Å². The van der Waals surface area contributed by atoms with Crippen molar-refractivity contribution < 1.29 is 0 Å². The first-order valence-corrected chi connectivity index (χ1v) is 6.80. The molecule has 1 heterocycles. The molecule has 0 aliphatic carbocycles. The molecule has 2 N–H and O–H groups in total. The van der Waals surface area contributed by atoms with E-state index in [9.17, 15) is 0 Å². The van der Waals surface area contributed by atoms with Gasteiger partial charge in [-0.2, -0.15) is 0 Å². The molecule has 0 aromatic heterocycles. The summed E-state index contributed by atoms with van der Waals surface area (Å²) in [7, 11) is 0. The van der Waals surface area contributed by atoms with Gasteiger partial charge in [-0.3, -0.25) is 0 Å². The molecule has 0 amide bonds. The minimum absolute atomic E-state index is 0.641. The largest absolute Gasteiger partial charge is 0.368 e. The zero-order valence-corrected chi connectivity index (χ0v) is 11.0. The number of para-hydroxylation sites is 1. The van der Waals surface area contributed by atoms with Gasteiger partial charge < -0.3 is 10.6 Å². The predicted octanol–water partition coefficient (Wildman–Crippen LogP) is 2.81. The van der Waals surface area contributed by atoms with Gasteiger partial charge in [-0.1, -0.05) is 31.5 Å². The molecule has 0 bridgehead atoms. The van der Waals surface area contributed by atoms with Gasteiger partial charge in [0, 0.05) is 18.3 Å². The maximum Gasteiger partial charge on any atom is 0.0402 e. The summed E-state index contributed by atoms with van der Waals surface area (Å²) in [5.74, 6) is 0.676. The average Bonchev–Trinajstić information content (AvgIpc) is 2.67. The third-order valence-electron chi connectivity index (χ3n) is 4.04. The van der Waals surface area contributed by atoms with Crippen molar-refractivity contribution in [2.45, 2.75) is 39.2 Å². The molecule has 1 aromatic carbocycles. The van der Waals surface area contributed by atoms with E-state index in [0.29, 0.717) is 12.0 Å². The van der Waals surface area contributed by atoms with E-state index in [1.807, 2.05) is 0 Å². The van der Waals surface area contributed by atoms with Crippen LogP contribution in [-0.4, -0.2) is 19.1 Å². The Morgan fingerprint density at radius 2 is 2.18 bits per heavy atom. The lowest BCUT2D eigenvalue weighted by molar-refractivity contribution is 0.471. The van der Waals surface area contributed by atoms with Gasteiger partial charge in [0.2, 0.25) is 0 Å². The van der Waals surface area contributed by atoms with Gasteiger partial charge in [-0.25, -0.2) is 0 Å². The normalized spacial score (nSPS) is 20.4. The van der Waals surface area contributed by atoms with Crippen LogP contribution in [0.15, 0.2) is 24.3 Å². The van der Waals surface area contributed by atoms with E-state index in [0.717, 1.165) is 13.1 Å². The Morgan fingerprint density at radius 3 is 2.88 bits per heavy atom. The predicted molar refractivity (Wildman–Crippen MR) is 74.4 cm³/mol. The highest BCUT2D eigenvalue weighted by Crippen LogP contribution is 2.32. The molecular formula is C15H24N2. The van der Waals surface area contributed by atoms with Gasteiger partial charge in [-0.05, 0) is 43.9 Å². The summed E-state index contributed by atoms with van der Waals surface area (Å²) in [5, 5.41) is 0. The molecular weight excluding hydrogens is 208 g/mol. The van der Waals surface area contributed by atoms with E-state index in [4.69, 9.17) is 5.73 Å². The lowest BCUT2D eigenvalue weighted by Crippen LogP contribution is -2.32. The van der Waals surface area contributed by atoms with Crippen LogP contribution in [0.1, 0.15) is 32.3 Å². The van der Waals surface area contributed by atoms with Crippen molar-refractivity contribution in [1.29, 1.82) is 0 Å². The van der Waals surface area contributed by atoms with Crippen molar-refractivity contribution >= 4 is 5.69 Å². The van der Waals surface area contributed by atoms with Crippen molar-refractivity contribution in [2.24, 2.45) is 11.7 Å². The molecule has 0 fully saturated rings. The molecule has 94 valence electrons. The molecule has 2 heteroatoms. The van der Waals surface area contributed by atoms with Crippen molar-refractivity contribution in [3.63, 3.8) is 0 Å². The van der Waals surface area contributed by atoms with Crippen molar-refractivity contribution in [3.8, 4) is 0 Å². The fourth-order valence-electron chi connectivity index (χ4n) is 2.78. The number of hydrogen-bond acceptors (Lipinski definition) is 2. The molecule has 1 aromatic rings. The third kappa shape index (κ3) is 2.63. The molecule has 2 nitrogen and oxygen atoms in total. The lowest BCUT2D eigenvalue weighted by Gasteiger charge is -2.26. The van der Waals surface area contributed by atoms with Crippen LogP contribution in [0.5, 0.6) is 0 Å². The van der Waals surface area contributed by atoms with Crippen LogP contribution in [0.2, 0.25) is 0 Å². The van der Waals surface area contributed by atoms with Crippen LogP contribution in [-0.2, 0) is 6.42 Å². The highest BCUT2D eigenvalue weighted by atomic mass is 15.2. The van der Waals surface area contributed by atoms with E-state index in [1.54, 1.807) is 0 Å². The van der Waals surface area contributed by atoms with Gasteiger partial charge in [0.1, 0.15) is 0 Å². The van der Waals surface area contributed by atoms with Crippen molar-refractivity contribution in [1.82, 2.24) is 0 Å². The van der Waals surface area contributed by atoms with Crippen LogP contribution in [0.3, 0.4) is 0 Å². The van der Waals surface area contributed by atoms with Crippen LogP contribution in [0, 0.1) is 5.92 Å².